The van der Waals surface area contributed by atoms with Crippen molar-refractivity contribution < 1.29 is 0 Å². The largest absolute Gasteiger partial charge is 0.0617 e. The van der Waals surface area contributed by atoms with Crippen LogP contribution in [0.3, 0.4) is 0 Å². The van der Waals surface area contributed by atoms with E-state index in [0.29, 0.717) is 0 Å². The summed E-state index contributed by atoms with van der Waals surface area (Å²) in [5.74, 6) is 0. The van der Waals surface area contributed by atoms with Crippen LogP contribution in [0.2, 0.25) is 0 Å². The van der Waals surface area contributed by atoms with Crippen molar-refractivity contribution in [3.05, 3.63) is 218 Å². The van der Waals surface area contributed by atoms with Gasteiger partial charge in [0.15, 0.2) is 0 Å². The minimum atomic E-state index is 0.272. The molecule has 0 fully saturated rings. The molecule has 268 valence electrons. The number of nitrogens with zero attached hydrogens (tertiary/aromatic N) is 2. The number of rotatable bonds is 7. The summed E-state index contributed by atoms with van der Waals surface area (Å²) in [6, 6.07) is 79.8. The zero-order valence-electron chi connectivity index (χ0n) is 31.1. The molecule has 0 atom stereocenters. The molecule has 2 heterocycles. The molecule has 0 radical (unpaired) electrons. The van der Waals surface area contributed by atoms with Crippen molar-refractivity contribution in [3.63, 3.8) is 0 Å². The standard InChI is InChI=1S/C54H36N2Se/c1-3-11-37(12-4-1)38-19-21-39(22-20-38)40-23-28-44(29-24-40)55(46-32-34-50-49-16-8-10-18-53(49)57-54(50)36-46)45-30-25-41(26-31-45)42-27-33-48-47-15-7-9-17-51(47)56(52(48)35-42)43-13-5-2-6-14-43/h1-36H. The van der Waals surface area contributed by atoms with Crippen molar-refractivity contribution in [2.45, 2.75) is 0 Å². The molecular formula is C54H36N2Se. The molecule has 3 heteroatoms. The predicted molar refractivity (Wildman–Crippen MR) is 244 cm³/mol. The molecule has 0 aliphatic heterocycles. The van der Waals surface area contributed by atoms with Gasteiger partial charge in [0.25, 0.3) is 0 Å². The van der Waals surface area contributed by atoms with Crippen LogP contribution in [0, 0.1) is 0 Å². The Balaban J connectivity index is 0.984. The smallest absolute Gasteiger partial charge is 0.0544 e. The van der Waals surface area contributed by atoms with Gasteiger partial charge in [-0.05, 0) is 23.8 Å². The van der Waals surface area contributed by atoms with E-state index in [2.05, 4.69) is 228 Å². The molecule has 11 rings (SSSR count). The number of benzene rings is 9. The van der Waals surface area contributed by atoms with Crippen LogP contribution < -0.4 is 4.90 Å². The van der Waals surface area contributed by atoms with E-state index < -0.39 is 0 Å². The quantitative estimate of drug-likeness (QED) is 0.146. The van der Waals surface area contributed by atoms with Gasteiger partial charge in [0.05, 0.1) is 5.52 Å². The molecule has 0 bridgehead atoms. The molecule has 2 aromatic heterocycles. The van der Waals surface area contributed by atoms with Gasteiger partial charge in [0.1, 0.15) is 0 Å². The summed E-state index contributed by atoms with van der Waals surface area (Å²) in [4.78, 5) is 2.40. The molecule has 0 N–H and O–H groups in total. The van der Waals surface area contributed by atoms with E-state index in [1.165, 1.54) is 85.9 Å². The first-order valence-corrected chi connectivity index (χ1v) is 21.1. The summed E-state index contributed by atoms with van der Waals surface area (Å²) in [7, 11) is 0. The van der Waals surface area contributed by atoms with Crippen molar-refractivity contribution in [2.24, 2.45) is 0 Å². The predicted octanol–water partition coefficient (Wildman–Crippen LogP) is 14.6. The molecule has 0 saturated heterocycles. The second-order valence-electron chi connectivity index (χ2n) is 14.6. The van der Waals surface area contributed by atoms with Crippen LogP contribution in [0.4, 0.5) is 17.1 Å². The van der Waals surface area contributed by atoms with Crippen molar-refractivity contribution in [2.75, 3.05) is 4.90 Å². The fourth-order valence-electron chi connectivity index (χ4n) is 8.40. The van der Waals surface area contributed by atoms with Crippen LogP contribution in [-0.4, -0.2) is 19.1 Å². The Morgan fingerprint density at radius 3 is 1.44 bits per heavy atom. The zero-order chi connectivity index (χ0) is 37.7. The first kappa shape index (κ1) is 33.4. The molecule has 0 unspecified atom stereocenters. The first-order valence-electron chi connectivity index (χ1n) is 19.4. The average Bonchev–Trinajstić information content (AvgIpc) is 3.83. The summed E-state index contributed by atoms with van der Waals surface area (Å²) in [5, 5.41) is 5.27. The van der Waals surface area contributed by atoms with Gasteiger partial charge in [-0.3, -0.25) is 0 Å². The zero-order valence-corrected chi connectivity index (χ0v) is 32.8. The maximum Gasteiger partial charge on any atom is -0.0544 e. The Morgan fingerprint density at radius 2 is 0.754 bits per heavy atom. The topological polar surface area (TPSA) is 8.17 Å². The van der Waals surface area contributed by atoms with E-state index in [4.69, 9.17) is 0 Å². The maximum atomic E-state index is 2.41. The molecule has 0 aliphatic carbocycles. The number of fused-ring (bicyclic) bond motifs is 6. The van der Waals surface area contributed by atoms with Gasteiger partial charge < -0.3 is 0 Å². The van der Waals surface area contributed by atoms with E-state index in [0.717, 1.165) is 11.4 Å². The number of hydrogen-bond donors (Lipinski definition) is 0. The Kier molecular flexibility index (Phi) is 8.21. The molecule has 0 spiro atoms. The van der Waals surface area contributed by atoms with Crippen molar-refractivity contribution in [1.29, 1.82) is 0 Å². The number of anilines is 3. The summed E-state index contributed by atoms with van der Waals surface area (Å²) < 4.78 is 5.28. The fourth-order valence-corrected chi connectivity index (χ4v) is 10.8. The first-order chi connectivity index (χ1) is 28.2. The molecule has 0 amide bonds. The molecule has 11 aromatic rings. The van der Waals surface area contributed by atoms with Gasteiger partial charge in [0, 0.05) is 11.1 Å². The van der Waals surface area contributed by atoms with E-state index in [1.807, 2.05) is 0 Å². The molecule has 0 aliphatic rings. The van der Waals surface area contributed by atoms with Gasteiger partial charge in [-0.25, -0.2) is 0 Å². The van der Waals surface area contributed by atoms with Gasteiger partial charge in [0.2, 0.25) is 0 Å². The van der Waals surface area contributed by atoms with Crippen LogP contribution in [-0.2, 0) is 0 Å². The van der Waals surface area contributed by atoms with Crippen LogP contribution in [0.1, 0.15) is 0 Å². The maximum absolute atomic E-state index is 2.41. The molecule has 9 aromatic carbocycles. The summed E-state index contributed by atoms with van der Waals surface area (Å²) in [6.45, 7) is 0. The molecule has 0 saturated carbocycles. The van der Waals surface area contributed by atoms with Crippen molar-refractivity contribution >= 4 is 72.7 Å². The molecule has 57 heavy (non-hydrogen) atoms. The van der Waals surface area contributed by atoms with Gasteiger partial charge in [-0.15, -0.1) is 0 Å². The summed E-state index contributed by atoms with van der Waals surface area (Å²) >= 11 is 0.272. The van der Waals surface area contributed by atoms with E-state index in [9.17, 15) is 0 Å². The van der Waals surface area contributed by atoms with Crippen LogP contribution >= 0.6 is 0 Å². The molecular weight excluding hydrogens is 756 g/mol. The Bertz CT molecular complexity index is 3200. The SMILES string of the molecule is c1ccc(-c2ccc(-c3ccc(N(c4ccc(-c5ccc6c7ccccc7n(-c7ccccc7)c6c5)cc4)c4ccc5c(c4)[se]c4ccccc45)cc3)cc2)cc1. The van der Waals surface area contributed by atoms with Gasteiger partial charge in [-0.2, -0.15) is 0 Å². The summed E-state index contributed by atoms with van der Waals surface area (Å²) in [6.07, 6.45) is 0. The van der Waals surface area contributed by atoms with Crippen molar-refractivity contribution in [3.8, 4) is 39.1 Å². The normalized spacial score (nSPS) is 11.5. The third-order valence-corrected chi connectivity index (χ3v) is 13.6. The van der Waals surface area contributed by atoms with Gasteiger partial charge in [-0.1, -0.05) is 66.7 Å². The second kappa shape index (κ2) is 14.0. The number of para-hydroxylation sites is 2. The monoisotopic (exact) mass is 792 g/mol. The van der Waals surface area contributed by atoms with Crippen LogP contribution in [0.25, 0.3) is 80.2 Å². The second-order valence-corrected chi connectivity index (χ2v) is 16.8. The Hall–Kier alpha value is -6.90. The van der Waals surface area contributed by atoms with E-state index in [-0.39, 0.29) is 14.5 Å². The molecule has 2 nitrogen and oxygen atoms in total. The average molecular weight is 792 g/mol. The van der Waals surface area contributed by atoms with Crippen molar-refractivity contribution in [1.82, 2.24) is 4.57 Å². The Labute approximate surface area is 337 Å². The Morgan fingerprint density at radius 1 is 0.298 bits per heavy atom. The number of aromatic nitrogens is 1. The van der Waals surface area contributed by atoms with Gasteiger partial charge >= 0.3 is 233 Å². The fraction of sp³-hybridized carbons (Fsp3) is 0. The van der Waals surface area contributed by atoms with E-state index >= 15 is 0 Å². The summed E-state index contributed by atoms with van der Waals surface area (Å²) in [5.41, 5.74) is 14.3. The van der Waals surface area contributed by atoms with Crippen LogP contribution in [0.15, 0.2) is 218 Å². The minimum absolute atomic E-state index is 0.272. The van der Waals surface area contributed by atoms with Crippen LogP contribution in [0.5, 0.6) is 0 Å². The minimum Gasteiger partial charge on any atom is -0.0617 e. The third-order valence-electron chi connectivity index (χ3n) is 11.2. The van der Waals surface area contributed by atoms with E-state index in [1.54, 1.807) is 0 Å². The third kappa shape index (κ3) is 5.97. The number of hydrogen-bond acceptors (Lipinski definition) is 1.